The molecule has 2 nitrogen and oxygen atoms in total. The standard InChI is InChI=1S/C9H5BrO2/c1-5-8-4-6(10)2-3-7(8)9(11)12-5/h2-4H,1H2. The van der Waals surface area contributed by atoms with Gasteiger partial charge in [0.25, 0.3) is 0 Å². The fourth-order valence-corrected chi connectivity index (χ4v) is 1.51. The number of fused-ring (bicyclic) bond motifs is 1. The molecule has 0 amide bonds. The molecule has 12 heavy (non-hydrogen) atoms. The Labute approximate surface area is 78.0 Å². The SMILES string of the molecule is C=C1OC(=O)c2ccc(Br)cc21. The van der Waals surface area contributed by atoms with Crippen LogP contribution in [0.25, 0.3) is 5.76 Å². The van der Waals surface area contributed by atoms with Crippen molar-refractivity contribution in [1.82, 2.24) is 0 Å². The number of carbonyl (C=O) groups is 1. The van der Waals surface area contributed by atoms with Crippen molar-refractivity contribution in [2.75, 3.05) is 0 Å². The monoisotopic (exact) mass is 224 g/mol. The first-order valence-corrected chi connectivity index (χ1v) is 4.19. The first-order chi connectivity index (χ1) is 5.68. The van der Waals surface area contributed by atoms with Crippen LogP contribution < -0.4 is 0 Å². The number of cyclic esters (lactones) is 1. The Kier molecular flexibility index (Phi) is 1.54. The second kappa shape index (κ2) is 2.45. The van der Waals surface area contributed by atoms with Crippen LogP contribution in [0.15, 0.2) is 29.3 Å². The second-order valence-corrected chi connectivity index (χ2v) is 3.42. The zero-order valence-electron chi connectivity index (χ0n) is 6.13. The molecule has 0 aliphatic carbocycles. The minimum absolute atomic E-state index is 0.317. The molecule has 0 saturated heterocycles. The highest BCUT2D eigenvalue weighted by Gasteiger charge is 2.24. The Balaban J connectivity index is 2.68. The summed E-state index contributed by atoms with van der Waals surface area (Å²) in [5, 5.41) is 0. The van der Waals surface area contributed by atoms with Crippen molar-refractivity contribution < 1.29 is 9.53 Å². The minimum atomic E-state index is -0.317. The summed E-state index contributed by atoms with van der Waals surface area (Å²) in [5.41, 5.74) is 1.36. The molecule has 0 unspecified atom stereocenters. The fraction of sp³-hybridized carbons (Fsp3) is 0. The van der Waals surface area contributed by atoms with Gasteiger partial charge in [0.05, 0.1) is 5.56 Å². The number of halogens is 1. The van der Waals surface area contributed by atoms with Crippen molar-refractivity contribution in [3.63, 3.8) is 0 Å². The highest BCUT2D eigenvalue weighted by Crippen LogP contribution is 2.30. The number of carbonyl (C=O) groups excluding carboxylic acids is 1. The number of esters is 1. The Morgan fingerprint density at radius 3 is 2.83 bits per heavy atom. The van der Waals surface area contributed by atoms with Crippen LogP contribution in [-0.2, 0) is 4.74 Å². The summed E-state index contributed by atoms with van der Waals surface area (Å²) in [4.78, 5) is 11.1. The Morgan fingerprint density at radius 1 is 1.33 bits per heavy atom. The van der Waals surface area contributed by atoms with Crippen LogP contribution in [0.5, 0.6) is 0 Å². The molecule has 1 aromatic rings. The molecular formula is C9H5BrO2. The molecule has 0 saturated carbocycles. The van der Waals surface area contributed by atoms with Gasteiger partial charge in [-0.25, -0.2) is 4.79 Å². The number of hydrogen-bond donors (Lipinski definition) is 0. The summed E-state index contributed by atoms with van der Waals surface area (Å²) >= 11 is 3.30. The number of hydrogen-bond acceptors (Lipinski definition) is 2. The van der Waals surface area contributed by atoms with Crippen LogP contribution in [0, 0.1) is 0 Å². The van der Waals surface area contributed by atoms with E-state index in [9.17, 15) is 4.79 Å². The smallest absolute Gasteiger partial charge is 0.344 e. The van der Waals surface area contributed by atoms with Gasteiger partial charge < -0.3 is 4.74 Å². The third-order valence-electron chi connectivity index (χ3n) is 1.72. The summed E-state index contributed by atoms with van der Waals surface area (Å²) in [5.74, 6) is 0.110. The van der Waals surface area contributed by atoms with Gasteiger partial charge in [0, 0.05) is 10.0 Å². The van der Waals surface area contributed by atoms with E-state index in [1.807, 2.05) is 6.07 Å². The molecule has 0 aromatic heterocycles. The first kappa shape index (κ1) is 7.55. The van der Waals surface area contributed by atoms with E-state index in [2.05, 4.69) is 22.5 Å². The van der Waals surface area contributed by atoms with Gasteiger partial charge in [-0.1, -0.05) is 22.5 Å². The van der Waals surface area contributed by atoms with E-state index in [4.69, 9.17) is 4.74 Å². The molecule has 1 heterocycles. The third-order valence-corrected chi connectivity index (χ3v) is 2.21. The Morgan fingerprint density at radius 2 is 2.08 bits per heavy atom. The normalized spacial score (nSPS) is 14.4. The van der Waals surface area contributed by atoms with E-state index in [-0.39, 0.29) is 5.97 Å². The summed E-state index contributed by atoms with van der Waals surface area (Å²) in [7, 11) is 0. The largest absolute Gasteiger partial charge is 0.423 e. The molecule has 1 aliphatic heterocycles. The molecule has 0 spiro atoms. The van der Waals surface area contributed by atoms with Gasteiger partial charge in [-0.2, -0.15) is 0 Å². The summed E-state index contributed by atoms with van der Waals surface area (Å²) in [6, 6.07) is 5.35. The topological polar surface area (TPSA) is 26.3 Å². The number of ether oxygens (including phenoxy) is 1. The van der Waals surface area contributed by atoms with Crippen LogP contribution in [0.3, 0.4) is 0 Å². The highest BCUT2D eigenvalue weighted by molar-refractivity contribution is 9.10. The van der Waals surface area contributed by atoms with E-state index in [1.165, 1.54) is 0 Å². The van der Waals surface area contributed by atoms with Crippen molar-refractivity contribution in [3.8, 4) is 0 Å². The molecule has 0 fully saturated rings. The molecule has 60 valence electrons. The van der Waals surface area contributed by atoms with Crippen molar-refractivity contribution in [3.05, 3.63) is 40.4 Å². The van der Waals surface area contributed by atoms with Gasteiger partial charge in [-0.05, 0) is 18.2 Å². The number of benzene rings is 1. The predicted octanol–water partition coefficient (Wildman–Crippen LogP) is 2.59. The molecule has 3 heteroatoms. The molecule has 1 aromatic carbocycles. The maximum absolute atomic E-state index is 11.1. The van der Waals surface area contributed by atoms with Gasteiger partial charge in [-0.3, -0.25) is 0 Å². The van der Waals surface area contributed by atoms with Gasteiger partial charge >= 0.3 is 5.97 Å². The van der Waals surface area contributed by atoms with Crippen LogP contribution in [0.2, 0.25) is 0 Å². The van der Waals surface area contributed by atoms with Gasteiger partial charge in [0.2, 0.25) is 0 Å². The van der Waals surface area contributed by atoms with Crippen molar-refractivity contribution in [2.24, 2.45) is 0 Å². The van der Waals surface area contributed by atoms with Crippen LogP contribution in [0.4, 0.5) is 0 Å². The van der Waals surface area contributed by atoms with Crippen molar-refractivity contribution >= 4 is 27.7 Å². The highest BCUT2D eigenvalue weighted by atomic mass is 79.9. The zero-order valence-corrected chi connectivity index (χ0v) is 7.72. The van der Waals surface area contributed by atoms with E-state index in [1.54, 1.807) is 12.1 Å². The summed E-state index contributed by atoms with van der Waals surface area (Å²) in [6.45, 7) is 3.62. The lowest BCUT2D eigenvalue weighted by molar-refractivity contribution is 0.0716. The average Bonchev–Trinajstić information content (AvgIpc) is 2.28. The van der Waals surface area contributed by atoms with Crippen molar-refractivity contribution in [1.29, 1.82) is 0 Å². The molecule has 0 bridgehead atoms. The average molecular weight is 225 g/mol. The van der Waals surface area contributed by atoms with Crippen molar-refractivity contribution in [2.45, 2.75) is 0 Å². The zero-order chi connectivity index (χ0) is 8.72. The van der Waals surface area contributed by atoms with Crippen LogP contribution in [0.1, 0.15) is 15.9 Å². The van der Waals surface area contributed by atoms with Gasteiger partial charge in [0.1, 0.15) is 5.76 Å². The maximum Gasteiger partial charge on any atom is 0.344 e. The minimum Gasteiger partial charge on any atom is -0.423 e. The van der Waals surface area contributed by atoms with Crippen LogP contribution >= 0.6 is 15.9 Å². The molecule has 0 atom stereocenters. The Bertz CT molecular complexity index is 382. The Hall–Kier alpha value is -1.09. The molecule has 0 N–H and O–H groups in total. The maximum atomic E-state index is 11.1. The second-order valence-electron chi connectivity index (χ2n) is 2.50. The summed E-state index contributed by atoms with van der Waals surface area (Å²) < 4.78 is 5.75. The first-order valence-electron chi connectivity index (χ1n) is 3.39. The van der Waals surface area contributed by atoms with E-state index in [0.29, 0.717) is 11.3 Å². The van der Waals surface area contributed by atoms with Gasteiger partial charge in [-0.15, -0.1) is 0 Å². The lowest BCUT2D eigenvalue weighted by Gasteiger charge is -1.94. The molecule has 1 aliphatic rings. The molecule has 2 rings (SSSR count). The lowest BCUT2D eigenvalue weighted by Crippen LogP contribution is -1.92. The van der Waals surface area contributed by atoms with E-state index < -0.39 is 0 Å². The quantitative estimate of drug-likeness (QED) is 0.634. The van der Waals surface area contributed by atoms with E-state index in [0.717, 1.165) is 10.0 Å². The van der Waals surface area contributed by atoms with E-state index >= 15 is 0 Å². The van der Waals surface area contributed by atoms with Gasteiger partial charge in [0.15, 0.2) is 0 Å². The summed E-state index contributed by atoms with van der Waals surface area (Å²) in [6.07, 6.45) is 0. The third kappa shape index (κ3) is 0.975. The predicted molar refractivity (Wildman–Crippen MR) is 48.6 cm³/mol. The van der Waals surface area contributed by atoms with Crippen LogP contribution in [-0.4, -0.2) is 5.97 Å². The lowest BCUT2D eigenvalue weighted by atomic mass is 10.1. The fourth-order valence-electron chi connectivity index (χ4n) is 1.15. The molecule has 0 radical (unpaired) electrons. The molecular weight excluding hydrogens is 220 g/mol. The number of rotatable bonds is 0.